The number of nitrogens with one attached hydrogen (secondary N) is 1. The van der Waals surface area contributed by atoms with Gasteiger partial charge in [0.1, 0.15) is 6.23 Å². The van der Waals surface area contributed by atoms with Gasteiger partial charge in [-0.2, -0.15) is 0 Å². The Balaban J connectivity index is 1.59. The number of fused-ring (bicyclic) bond motifs is 3. The topological polar surface area (TPSA) is 96.4 Å². The Labute approximate surface area is 200 Å². The van der Waals surface area contributed by atoms with Crippen molar-refractivity contribution in [3.63, 3.8) is 0 Å². The molecule has 1 aliphatic heterocycles. The molecule has 6 nitrogen and oxygen atoms in total. The standard InChI is InChI=1S/C25H19Cl2N5O/c26-16-8-9-18-20(11-16)23(19-6-1-2-7-21(19)27)29-12-15-13-30-25(32-22(15)18)31-17-5-3-4-14(10-17)24(28)33/h1-11,13,24,33H,12,28H2,(H,30,31,32). The molecule has 1 aliphatic rings. The van der Waals surface area contributed by atoms with Crippen molar-refractivity contribution >= 4 is 40.5 Å². The van der Waals surface area contributed by atoms with Gasteiger partial charge in [-0.25, -0.2) is 9.97 Å². The number of anilines is 2. The van der Waals surface area contributed by atoms with Crippen molar-refractivity contribution < 1.29 is 5.11 Å². The number of benzene rings is 3. The van der Waals surface area contributed by atoms with E-state index in [1.54, 1.807) is 24.4 Å². The fourth-order valence-corrected chi connectivity index (χ4v) is 4.19. The number of halogens is 2. The predicted octanol–water partition coefficient (Wildman–Crippen LogP) is 5.49. The summed E-state index contributed by atoms with van der Waals surface area (Å²) >= 11 is 12.9. The summed E-state index contributed by atoms with van der Waals surface area (Å²) in [6, 6.07) is 20.4. The molecule has 0 radical (unpaired) electrons. The number of aromatic nitrogens is 2. The Morgan fingerprint density at radius 3 is 2.61 bits per heavy atom. The highest BCUT2D eigenvalue weighted by Gasteiger charge is 2.22. The smallest absolute Gasteiger partial charge is 0.227 e. The lowest BCUT2D eigenvalue weighted by molar-refractivity contribution is 0.186. The fraction of sp³-hybridized carbons (Fsp3) is 0.0800. The van der Waals surface area contributed by atoms with Crippen LogP contribution in [-0.2, 0) is 6.54 Å². The molecule has 33 heavy (non-hydrogen) atoms. The molecule has 0 spiro atoms. The van der Waals surface area contributed by atoms with Gasteiger partial charge >= 0.3 is 0 Å². The zero-order valence-electron chi connectivity index (χ0n) is 17.3. The molecular formula is C25H19Cl2N5O. The largest absolute Gasteiger partial charge is 0.375 e. The number of hydrogen-bond donors (Lipinski definition) is 3. The van der Waals surface area contributed by atoms with Gasteiger partial charge in [0.05, 0.1) is 18.0 Å². The van der Waals surface area contributed by atoms with Gasteiger partial charge in [-0.15, -0.1) is 0 Å². The van der Waals surface area contributed by atoms with Gasteiger partial charge in [0.2, 0.25) is 5.95 Å². The summed E-state index contributed by atoms with van der Waals surface area (Å²) in [7, 11) is 0. The van der Waals surface area contributed by atoms with Crippen LogP contribution in [0, 0.1) is 0 Å². The lowest BCUT2D eigenvalue weighted by Gasteiger charge is -2.13. The van der Waals surface area contributed by atoms with E-state index < -0.39 is 6.23 Å². The zero-order valence-corrected chi connectivity index (χ0v) is 18.8. The highest BCUT2D eigenvalue weighted by Crippen LogP contribution is 2.35. The minimum atomic E-state index is -1.06. The molecule has 1 aromatic heterocycles. The number of aliphatic hydroxyl groups is 1. The second-order valence-electron chi connectivity index (χ2n) is 7.60. The van der Waals surface area contributed by atoms with Crippen LogP contribution in [0.15, 0.2) is 77.9 Å². The minimum Gasteiger partial charge on any atom is -0.375 e. The summed E-state index contributed by atoms with van der Waals surface area (Å²) in [5, 5.41) is 14.1. The molecule has 0 saturated heterocycles. The number of aliphatic imine (C=N–C) groups is 1. The SMILES string of the molecule is NC(O)c1cccc(Nc2ncc3c(n2)-c2ccc(Cl)cc2C(c2ccccc2Cl)=NC3)c1. The molecular weight excluding hydrogens is 457 g/mol. The molecule has 4 aromatic rings. The molecule has 4 N–H and O–H groups in total. The molecule has 8 heteroatoms. The summed E-state index contributed by atoms with van der Waals surface area (Å²) < 4.78 is 0. The van der Waals surface area contributed by atoms with Crippen molar-refractivity contribution in [1.29, 1.82) is 0 Å². The molecule has 164 valence electrons. The molecule has 0 fully saturated rings. The molecule has 1 atom stereocenters. The molecule has 0 amide bonds. The third kappa shape index (κ3) is 4.34. The normalized spacial score (nSPS) is 13.4. The summed E-state index contributed by atoms with van der Waals surface area (Å²) in [4.78, 5) is 14.1. The van der Waals surface area contributed by atoms with E-state index in [1.165, 1.54) is 0 Å². The van der Waals surface area contributed by atoms with Crippen LogP contribution in [-0.4, -0.2) is 20.8 Å². The third-order valence-corrected chi connectivity index (χ3v) is 5.94. The minimum absolute atomic E-state index is 0.400. The summed E-state index contributed by atoms with van der Waals surface area (Å²) in [5.41, 5.74) is 11.9. The lowest BCUT2D eigenvalue weighted by atomic mass is 9.95. The van der Waals surface area contributed by atoms with Gasteiger partial charge in [0.25, 0.3) is 0 Å². The van der Waals surface area contributed by atoms with Crippen molar-refractivity contribution in [2.45, 2.75) is 12.8 Å². The van der Waals surface area contributed by atoms with Crippen LogP contribution in [0.1, 0.15) is 28.5 Å². The van der Waals surface area contributed by atoms with Gasteiger partial charge in [0.15, 0.2) is 0 Å². The van der Waals surface area contributed by atoms with Crippen molar-refractivity contribution in [2.75, 3.05) is 5.32 Å². The van der Waals surface area contributed by atoms with E-state index in [2.05, 4.69) is 10.3 Å². The molecule has 3 aromatic carbocycles. The molecule has 2 heterocycles. The van der Waals surface area contributed by atoms with Gasteiger partial charge in [-0.1, -0.05) is 59.6 Å². The Hall–Kier alpha value is -3.29. The molecule has 0 aliphatic carbocycles. The fourth-order valence-electron chi connectivity index (χ4n) is 3.80. The summed E-state index contributed by atoms with van der Waals surface area (Å²) in [6.07, 6.45) is 0.709. The lowest BCUT2D eigenvalue weighted by Crippen LogP contribution is -2.09. The third-order valence-electron chi connectivity index (χ3n) is 5.38. The van der Waals surface area contributed by atoms with Gasteiger partial charge < -0.3 is 16.2 Å². The van der Waals surface area contributed by atoms with Crippen molar-refractivity contribution in [3.8, 4) is 11.3 Å². The van der Waals surface area contributed by atoms with E-state index >= 15 is 0 Å². The maximum atomic E-state index is 9.66. The Kier molecular flexibility index (Phi) is 5.83. The monoisotopic (exact) mass is 475 g/mol. The van der Waals surface area contributed by atoms with E-state index in [0.29, 0.717) is 28.1 Å². The molecule has 0 bridgehead atoms. The number of hydrogen-bond acceptors (Lipinski definition) is 6. The second-order valence-corrected chi connectivity index (χ2v) is 8.44. The molecule has 5 rings (SSSR count). The number of aliphatic hydroxyl groups excluding tert-OH is 1. The van der Waals surface area contributed by atoms with Crippen LogP contribution in [0.2, 0.25) is 10.0 Å². The molecule has 1 unspecified atom stereocenters. The number of nitrogens with zero attached hydrogens (tertiary/aromatic N) is 3. The maximum absolute atomic E-state index is 9.66. The number of nitrogens with two attached hydrogens (primary N) is 1. The highest BCUT2D eigenvalue weighted by atomic mass is 35.5. The van der Waals surface area contributed by atoms with Crippen LogP contribution < -0.4 is 11.1 Å². The Morgan fingerprint density at radius 2 is 1.79 bits per heavy atom. The Bertz CT molecular complexity index is 1390. The maximum Gasteiger partial charge on any atom is 0.227 e. The summed E-state index contributed by atoms with van der Waals surface area (Å²) in [5.74, 6) is 0.416. The first-order valence-electron chi connectivity index (χ1n) is 10.3. The van der Waals surface area contributed by atoms with Crippen LogP contribution in [0.4, 0.5) is 11.6 Å². The number of rotatable bonds is 4. The average molecular weight is 476 g/mol. The summed E-state index contributed by atoms with van der Waals surface area (Å²) in [6.45, 7) is 0.400. The van der Waals surface area contributed by atoms with Gasteiger partial charge in [-0.05, 0) is 35.9 Å². The van der Waals surface area contributed by atoms with E-state index in [-0.39, 0.29) is 0 Å². The predicted molar refractivity (Wildman–Crippen MR) is 132 cm³/mol. The van der Waals surface area contributed by atoms with E-state index in [9.17, 15) is 5.11 Å². The van der Waals surface area contributed by atoms with Crippen molar-refractivity contribution in [2.24, 2.45) is 10.7 Å². The first-order chi connectivity index (χ1) is 16.0. The van der Waals surface area contributed by atoms with Crippen LogP contribution in [0.5, 0.6) is 0 Å². The van der Waals surface area contributed by atoms with Crippen molar-refractivity contribution in [3.05, 3.63) is 105 Å². The van der Waals surface area contributed by atoms with Gasteiger partial charge in [-0.3, -0.25) is 4.99 Å². The first-order valence-corrected chi connectivity index (χ1v) is 11.0. The van der Waals surface area contributed by atoms with Gasteiger partial charge in [0, 0.05) is 44.2 Å². The average Bonchev–Trinajstić information content (AvgIpc) is 2.96. The first kappa shape index (κ1) is 21.6. The van der Waals surface area contributed by atoms with E-state index in [4.69, 9.17) is 38.9 Å². The molecule has 0 saturated carbocycles. The van der Waals surface area contributed by atoms with Crippen LogP contribution in [0.3, 0.4) is 0 Å². The van der Waals surface area contributed by atoms with E-state index in [0.717, 1.165) is 39.3 Å². The second kappa shape index (κ2) is 8.92. The Morgan fingerprint density at radius 1 is 0.939 bits per heavy atom. The quantitative estimate of drug-likeness (QED) is 0.339. The highest BCUT2D eigenvalue weighted by molar-refractivity contribution is 6.36. The zero-order chi connectivity index (χ0) is 22.9. The van der Waals surface area contributed by atoms with Crippen LogP contribution in [0.25, 0.3) is 11.3 Å². The van der Waals surface area contributed by atoms with E-state index in [1.807, 2.05) is 48.5 Å². The van der Waals surface area contributed by atoms with Crippen molar-refractivity contribution in [1.82, 2.24) is 9.97 Å². The van der Waals surface area contributed by atoms with Crippen LogP contribution >= 0.6 is 23.2 Å².